The molecule has 3 aromatic rings. The number of amides is 1. The van der Waals surface area contributed by atoms with E-state index in [0.717, 1.165) is 30.3 Å². The van der Waals surface area contributed by atoms with Gasteiger partial charge in [0.1, 0.15) is 17.3 Å². The Morgan fingerprint density at radius 3 is 2.65 bits per heavy atom. The van der Waals surface area contributed by atoms with Gasteiger partial charge >= 0.3 is 0 Å². The first-order valence-corrected chi connectivity index (χ1v) is 11.0. The Morgan fingerprint density at radius 2 is 1.90 bits per heavy atom. The van der Waals surface area contributed by atoms with Crippen LogP contribution in [0.15, 0.2) is 57.6 Å². The summed E-state index contributed by atoms with van der Waals surface area (Å²) in [4.78, 5) is 17.0. The van der Waals surface area contributed by atoms with E-state index < -0.39 is 0 Å². The number of nitrogens with zero attached hydrogens (tertiary/aromatic N) is 2. The highest BCUT2D eigenvalue weighted by Gasteiger charge is 2.20. The molecule has 1 aromatic carbocycles. The number of anilines is 1. The molecule has 1 saturated heterocycles. The Bertz CT molecular complexity index is 993. The minimum absolute atomic E-state index is 0.0805. The van der Waals surface area contributed by atoms with Crippen LogP contribution in [0.3, 0.4) is 0 Å². The summed E-state index contributed by atoms with van der Waals surface area (Å²) >= 11 is 6.00. The fraction of sp³-hybridized carbons (Fsp3) is 0.375. The SMILES string of the molecule is Cc1cc(Cl)ccc1OCC(=O)N(Cc1ccco1)Cc1ccc(N2CCCCC2)o1. The normalized spacial score (nSPS) is 13.9. The zero-order valence-corrected chi connectivity index (χ0v) is 18.4. The van der Waals surface area contributed by atoms with E-state index in [2.05, 4.69) is 4.90 Å². The topological polar surface area (TPSA) is 59.1 Å². The van der Waals surface area contributed by atoms with Crippen LogP contribution >= 0.6 is 11.6 Å². The first-order chi connectivity index (χ1) is 15.1. The van der Waals surface area contributed by atoms with E-state index >= 15 is 0 Å². The fourth-order valence-corrected chi connectivity index (χ4v) is 3.98. The largest absolute Gasteiger partial charge is 0.483 e. The molecule has 1 fully saturated rings. The first-order valence-electron chi connectivity index (χ1n) is 10.6. The Morgan fingerprint density at radius 1 is 1.10 bits per heavy atom. The lowest BCUT2D eigenvalue weighted by molar-refractivity contribution is -0.135. The van der Waals surface area contributed by atoms with Gasteiger partial charge in [0, 0.05) is 24.2 Å². The Labute approximate surface area is 187 Å². The number of hydrogen-bond acceptors (Lipinski definition) is 5. The third kappa shape index (κ3) is 5.64. The summed E-state index contributed by atoms with van der Waals surface area (Å²) in [5.41, 5.74) is 0.884. The number of benzene rings is 1. The molecule has 0 radical (unpaired) electrons. The van der Waals surface area contributed by atoms with Crippen molar-refractivity contribution in [3.05, 3.63) is 70.8 Å². The van der Waals surface area contributed by atoms with E-state index in [4.69, 9.17) is 25.2 Å². The molecule has 6 nitrogen and oxygen atoms in total. The average Bonchev–Trinajstić information content (AvgIpc) is 3.45. The number of piperidine rings is 1. The molecular weight excluding hydrogens is 416 g/mol. The van der Waals surface area contributed by atoms with E-state index in [1.807, 2.05) is 37.3 Å². The summed E-state index contributed by atoms with van der Waals surface area (Å²) in [6.45, 7) is 4.53. The summed E-state index contributed by atoms with van der Waals surface area (Å²) in [5, 5.41) is 0.637. The Hall–Kier alpha value is -2.86. The smallest absolute Gasteiger partial charge is 0.261 e. The van der Waals surface area contributed by atoms with Crippen LogP contribution in [0.4, 0.5) is 5.88 Å². The second kappa shape index (κ2) is 9.96. The van der Waals surface area contributed by atoms with Crippen LogP contribution in [-0.2, 0) is 17.9 Å². The van der Waals surface area contributed by atoms with Gasteiger partial charge in [-0.2, -0.15) is 0 Å². The summed E-state index contributed by atoms with van der Waals surface area (Å²) in [6.07, 6.45) is 5.23. The van der Waals surface area contributed by atoms with Crippen molar-refractivity contribution in [1.29, 1.82) is 0 Å². The van der Waals surface area contributed by atoms with Gasteiger partial charge in [-0.15, -0.1) is 0 Å². The van der Waals surface area contributed by atoms with Crippen LogP contribution in [0.5, 0.6) is 5.75 Å². The molecule has 0 aliphatic carbocycles. The number of carbonyl (C=O) groups is 1. The van der Waals surface area contributed by atoms with Gasteiger partial charge in [-0.3, -0.25) is 4.79 Å². The maximum atomic E-state index is 13.0. The first kappa shape index (κ1) is 21.4. The number of rotatable bonds is 8. The highest BCUT2D eigenvalue weighted by molar-refractivity contribution is 6.30. The Balaban J connectivity index is 1.43. The molecular formula is C24H27ClN2O4. The molecule has 0 unspecified atom stereocenters. The second-order valence-electron chi connectivity index (χ2n) is 7.82. The molecule has 4 rings (SSSR count). The number of furan rings is 2. The van der Waals surface area contributed by atoms with Crippen molar-refractivity contribution in [2.24, 2.45) is 0 Å². The molecule has 1 aliphatic heterocycles. The van der Waals surface area contributed by atoms with E-state index in [-0.39, 0.29) is 12.5 Å². The van der Waals surface area contributed by atoms with Crippen molar-refractivity contribution >= 4 is 23.4 Å². The van der Waals surface area contributed by atoms with Crippen molar-refractivity contribution in [3.63, 3.8) is 0 Å². The zero-order chi connectivity index (χ0) is 21.6. The summed E-state index contributed by atoms with van der Waals surface area (Å²) < 4.78 is 17.3. The van der Waals surface area contributed by atoms with Crippen LogP contribution in [-0.4, -0.2) is 30.5 Å². The highest BCUT2D eigenvalue weighted by Crippen LogP contribution is 2.25. The summed E-state index contributed by atoms with van der Waals surface area (Å²) in [6, 6.07) is 12.9. The third-order valence-corrected chi connectivity index (χ3v) is 5.66. The van der Waals surface area contributed by atoms with Crippen LogP contribution in [0.1, 0.15) is 36.3 Å². The van der Waals surface area contributed by atoms with Gasteiger partial charge in [0.2, 0.25) is 0 Å². The van der Waals surface area contributed by atoms with E-state index in [0.29, 0.717) is 29.6 Å². The van der Waals surface area contributed by atoms with E-state index in [1.165, 1.54) is 19.3 Å². The molecule has 0 atom stereocenters. The van der Waals surface area contributed by atoms with E-state index in [1.54, 1.807) is 23.3 Å². The average molecular weight is 443 g/mol. The van der Waals surface area contributed by atoms with Crippen molar-refractivity contribution < 1.29 is 18.4 Å². The van der Waals surface area contributed by atoms with Gasteiger partial charge in [0.15, 0.2) is 12.5 Å². The third-order valence-electron chi connectivity index (χ3n) is 5.43. The van der Waals surface area contributed by atoms with Crippen LogP contribution in [0, 0.1) is 6.92 Å². The monoisotopic (exact) mass is 442 g/mol. The molecule has 31 heavy (non-hydrogen) atoms. The molecule has 1 aliphatic rings. The minimum atomic E-state index is -0.151. The standard InChI is InChI=1S/C24H27ClN2O4/c1-18-14-19(25)7-9-22(18)30-17-23(28)27(15-20-6-5-13-29-20)16-21-8-10-24(31-21)26-11-3-2-4-12-26/h5-10,13-14H,2-4,11-12,15-17H2,1H3. The molecule has 0 bridgehead atoms. The maximum absolute atomic E-state index is 13.0. The predicted molar refractivity (Wildman–Crippen MR) is 119 cm³/mol. The molecule has 1 amide bonds. The molecule has 0 saturated carbocycles. The molecule has 7 heteroatoms. The van der Waals surface area contributed by atoms with Gasteiger partial charge in [-0.05, 0) is 68.1 Å². The number of carbonyl (C=O) groups excluding carboxylic acids is 1. The van der Waals surface area contributed by atoms with Gasteiger partial charge in [0.05, 0.1) is 19.4 Å². The van der Waals surface area contributed by atoms with Gasteiger partial charge in [-0.25, -0.2) is 0 Å². The number of halogens is 1. The quantitative estimate of drug-likeness (QED) is 0.465. The molecule has 164 valence electrons. The van der Waals surface area contributed by atoms with Crippen molar-refractivity contribution in [2.45, 2.75) is 39.3 Å². The number of ether oxygens (including phenoxy) is 1. The zero-order valence-electron chi connectivity index (χ0n) is 17.7. The van der Waals surface area contributed by atoms with Crippen molar-refractivity contribution in [1.82, 2.24) is 4.90 Å². The van der Waals surface area contributed by atoms with Crippen LogP contribution < -0.4 is 9.64 Å². The van der Waals surface area contributed by atoms with Crippen molar-refractivity contribution in [3.8, 4) is 5.75 Å². The van der Waals surface area contributed by atoms with Gasteiger partial charge < -0.3 is 23.4 Å². The molecule has 0 spiro atoms. The number of aryl methyl sites for hydroxylation is 1. The van der Waals surface area contributed by atoms with Gasteiger partial charge in [0.25, 0.3) is 5.91 Å². The van der Waals surface area contributed by atoms with E-state index in [9.17, 15) is 4.79 Å². The lowest BCUT2D eigenvalue weighted by Gasteiger charge is -2.26. The molecule has 2 aromatic heterocycles. The maximum Gasteiger partial charge on any atom is 0.261 e. The molecule has 0 N–H and O–H groups in total. The molecule has 3 heterocycles. The number of hydrogen-bond donors (Lipinski definition) is 0. The highest BCUT2D eigenvalue weighted by atomic mass is 35.5. The predicted octanol–water partition coefficient (Wildman–Crippen LogP) is 5.43. The fourth-order valence-electron chi connectivity index (χ4n) is 3.75. The lowest BCUT2D eigenvalue weighted by atomic mass is 10.1. The lowest BCUT2D eigenvalue weighted by Crippen LogP contribution is -2.34. The Kier molecular flexibility index (Phi) is 6.87. The summed E-state index contributed by atoms with van der Waals surface area (Å²) in [5.74, 6) is 2.80. The van der Waals surface area contributed by atoms with Crippen molar-refractivity contribution in [2.75, 3.05) is 24.6 Å². The van der Waals surface area contributed by atoms with Gasteiger partial charge in [-0.1, -0.05) is 11.6 Å². The second-order valence-corrected chi connectivity index (χ2v) is 8.25. The van der Waals surface area contributed by atoms with Crippen LogP contribution in [0.25, 0.3) is 0 Å². The van der Waals surface area contributed by atoms with Crippen LogP contribution in [0.2, 0.25) is 5.02 Å². The summed E-state index contributed by atoms with van der Waals surface area (Å²) in [7, 11) is 0. The minimum Gasteiger partial charge on any atom is -0.483 e.